The summed E-state index contributed by atoms with van der Waals surface area (Å²) in [5.74, 6) is -0.0123. The van der Waals surface area contributed by atoms with E-state index in [0.717, 1.165) is 18.4 Å². The van der Waals surface area contributed by atoms with Crippen LogP contribution in [0.25, 0.3) is 0 Å². The standard InChI is InChI=1S/C22H35NO3/c1-7-17(5)23-19(14-20(24)22(6,8-2)16(3)4)21(25)26-15-18-12-10-9-11-13-18/h9-13,16-17,19,23H,7-8,14-15H2,1-6H3. The Bertz CT molecular complexity index is 570. The van der Waals surface area contributed by atoms with E-state index < -0.39 is 11.5 Å². The molecule has 0 aliphatic rings. The predicted octanol–water partition coefficient (Wildman–Crippen LogP) is 4.52. The molecule has 4 nitrogen and oxygen atoms in total. The lowest BCUT2D eigenvalue weighted by atomic mass is 9.72. The Labute approximate surface area is 158 Å². The normalized spacial score (nSPS) is 16.0. The summed E-state index contributed by atoms with van der Waals surface area (Å²) >= 11 is 0. The molecular formula is C22H35NO3. The average molecular weight is 362 g/mol. The van der Waals surface area contributed by atoms with Crippen LogP contribution < -0.4 is 5.32 Å². The highest BCUT2D eigenvalue weighted by Crippen LogP contribution is 2.33. The Morgan fingerprint density at radius 1 is 1.12 bits per heavy atom. The first-order valence-corrected chi connectivity index (χ1v) is 9.74. The lowest BCUT2D eigenvalue weighted by molar-refractivity contribution is -0.150. The molecule has 1 N–H and O–H groups in total. The van der Waals surface area contributed by atoms with Crippen LogP contribution in [0.15, 0.2) is 30.3 Å². The zero-order valence-corrected chi connectivity index (χ0v) is 17.2. The van der Waals surface area contributed by atoms with Gasteiger partial charge in [0.05, 0.1) is 0 Å². The summed E-state index contributed by atoms with van der Waals surface area (Å²) in [7, 11) is 0. The van der Waals surface area contributed by atoms with Crippen LogP contribution in [0.1, 0.15) is 66.4 Å². The minimum atomic E-state index is -0.606. The molecule has 0 saturated heterocycles. The van der Waals surface area contributed by atoms with Crippen molar-refractivity contribution < 1.29 is 14.3 Å². The predicted molar refractivity (Wildman–Crippen MR) is 106 cm³/mol. The third kappa shape index (κ3) is 6.24. The van der Waals surface area contributed by atoms with Crippen LogP contribution in [-0.2, 0) is 20.9 Å². The first kappa shape index (κ1) is 22.4. The van der Waals surface area contributed by atoms with Gasteiger partial charge in [-0.1, -0.05) is 65.0 Å². The molecule has 0 aromatic heterocycles. The van der Waals surface area contributed by atoms with Crippen molar-refractivity contribution in [2.45, 2.75) is 79.5 Å². The molecular weight excluding hydrogens is 326 g/mol. The maximum Gasteiger partial charge on any atom is 0.323 e. The monoisotopic (exact) mass is 361 g/mol. The van der Waals surface area contributed by atoms with Crippen LogP contribution in [0.5, 0.6) is 0 Å². The van der Waals surface area contributed by atoms with Gasteiger partial charge in [-0.15, -0.1) is 0 Å². The van der Waals surface area contributed by atoms with Crippen LogP contribution in [-0.4, -0.2) is 23.8 Å². The molecule has 0 bridgehead atoms. The van der Waals surface area contributed by atoms with Crippen molar-refractivity contribution in [2.24, 2.45) is 11.3 Å². The van der Waals surface area contributed by atoms with Gasteiger partial charge in [-0.05, 0) is 31.2 Å². The molecule has 4 heteroatoms. The summed E-state index contributed by atoms with van der Waals surface area (Å²) < 4.78 is 5.49. The second-order valence-electron chi connectivity index (χ2n) is 7.67. The molecule has 1 aromatic rings. The Balaban J connectivity index is 2.83. The van der Waals surface area contributed by atoms with Gasteiger partial charge in [-0.3, -0.25) is 9.59 Å². The lowest BCUT2D eigenvalue weighted by Gasteiger charge is -2.33. The van der Waals surface area contributed by atoms with Crippen molar-refractivity contribution in [3.05, 3.63) is 35.9 Å². The smallest absolute Gasteiger partial charge is 0.323 e. The molecule has 0 spiro atoms. The summed E-state index contributed by atoms with van der Waals surface area (Å²) in [4.78, 5) is 25.6. The molecule has 26 heavy (non-hydrogen) atoms. The van der Waals surface area contributed by atoms with Crippen LogP contribution in [0.3, 0.4) is 0 Å². The van der Waals surface area contributed by atoms with E-state index in [1.165, 1.54) is 0 Å². The molecule has 3 atom stereocenters. The van der Waals surface area contributed by atoms with Gasteiger partial charge in [-0.2, -0.15) is 0 Å². The maximum atomic E-state index is 12.9. The highest BCUT2D eigenvalue weighted by atomic mass is 16.5. The average Bonchev–Trinajstić information content (AvgIpc) is 2.65. The second kappa shape index (κ2) is 10.5. The number of hydrogen-bond donors (Lipinski definition) is 1. The van der Waals surface area contributed by atoms with Gasteiger partial charge in [0.25, 0.3) is 0 Å². The van der Waals surface area contributed by atoms with Crippen molar-refractivity contribution in [3.63, 3.8) is 0 Å². The van der Waals surface area contributed by atoms with E-state index in [0.29, 0.717) is 0 Å². The van der Waals surface area contributed by atoms with Crippen molar-refractivity contribution >= 4 is 11.8 Å². The number of nitrogens with one attached hydrogen (secondary N) is 1. The number of esters is 1. The molecule has 3 unspecified atom stereocenters. The number of ketones is 1. The highest BCUT2D eigenvalue weighted by molar-refractivity contribution is 5.90. The van der Waals surface area contributed by atoms with E-state index in [1.54, 1.807) is 0 Å². The Hall–Kier alpha value is -1.68. The number of hydrogen-bond acceptors (Lipinski definition) is 4. The Kier molecular flexibility index (Phi) is 9.00. The number of ether oxygens (including phenoxy) is 1. The summed E-state index contributed by atoms with van der Waals surface area (Å²) in [6.45, 7) is 12.4. The van der Waals surface area contributed by atoms with Crippen molar-refractivity contribution in [2.75, 3.05) is 0 Å². The van der Waals surface area contributed by atoms with Crippen LogP contribution in [0.2, 0.25) is 0 Å². The van der Waals surface area contributed by atoms with E-state index in [1.807, 2.05) is 51.1 Å². The second-order valence-corrected chi connectivity index (χ2v) is 7.67. The van der Waals surface area contributed by atoms with Gasteiger partial charge in [0.1, 0.15) is 18.4 Å². The summed E-state index contributed by atoms with van der Waals surface area (Å²) in [6.07, 6.45) is 1.81. The fourth-order valence-corrected chi connectivity index (χ4v) is 2.85. The lowest BCUT2D eigenvalue weighted by Crippen LogP contribution is -2.46. The minimum absolute atomic E-state index is 0.118. The van der Waals surface area contributed by atoms with E-state index in [2.05, 4.69) is 26.1 Å². The van der Waals surface area contributed by atoms with Gasteiger partial charge in [0.2, 0.25) is 0 Å². The molecule has 0 amide bonds. The Morgan fingerprint density at radius 2 is 1.73 bits per heavy atom. The van der Waals surface area contributed by atoms with Gasteiger partial charge >= 0.3 is 5.97 Å². The number of carbonyl (C=O) groups is 2. The van der Waals surface area contributed by atoms with Gasteiger partial charge in [0.15, 0.2) is 0 Å². The molecule has 146 valence electrons. The number of benzene rings is 1. The molecule has 1 rings (SSSR count). The van der Waals surface area contributed by atoms with Crippen molar-refractivity contribution in [1.29, 1.82) is 0 Å². The summed E-state index contributed by atoms with van der Waals surface area (Å²) in [5, 5.41) is 3.27. The fraction of sp³-hybridized carbons (Fsp3) is 0.636. The minimum Gasteiger partial charge on any atom is -0.460 e. The first-order valence-electron chi connectivity index (χ1n) is 9.74. The van der Waals surface area contributed by atoms with Crippen LogP contribution >= 0.6 is 0 Å². The summed E-state index contributed by atoms with van der Waals surface area (Å²) in [5.41, 5.74) is 0.518. The first-order chi connectivity index (χ1) is 12.2. The molecule has 0 heterocycles. The molecule has 0 radical (unpaired) electrons. The third-order valence-corrected chi connectivity index (χ3v) is 5.64. The van der Waals surface area contributed by atoms with Crippen LogP contribution in [0.4, 0.5) is 0 Å². The van der Waals surface area contributed by atoms with Crippen molar-refractivity contribution in [1.82, 2.24) is 5.32 Å². The topological polar surface area (TPSA) is 55.4 Å². The van der Waals surface area contributed by atoms with Gasteiger partial charge in [-0.25, -0.2) is 0 Å². The largest absolute Gasteiger partial charge is 0.460 e. The van der Waals surface area contributed by atoms with E-state index in [-0.39, 0.29) is 36.7 Å². The van der Waals surface area contributed by atoms with E-state index >= 15 is 0 Å². The highest BCUT2D eigenvalue weighted by Gasteiger charge is 2.37. The van der Waals surface area contributed by atoms with Gasteiger partial charge < -0.3 is 10.1 Å². The number of carbonyl (C=O) groups excluding carboxylic acids is 2. The van der Waals surface area contributed by atoms with E-state index in [9.17, 15) is 9.59 Å². The summed E-state index contributed by atoms with van der Waals surface area (Å²) in [6, 6.07) is 9.13. The molecule has 0 saturated carbocycles. The number of rotatable bonds is 11. The van der Waals surface area contributed by atoms with Gasteiger partial charge in [0, 0.05) is 17.9 Å². The SMILES string of the molecule is CCC(C)NC(CC(=O)C(C)(CC)C(C)C)C(=O)OCc1ccccc1. The van der Waals surface area contributed by atoms with E-state index in [4.69, 9.17) is 4.74 Å². The Morgan fingerprint density at radius 3 is 2.23 bits per heavy atom. The number of Topliss-reactive ketones (excluding diaryl/α,β-unsaturated/α-hetero) is 1. The molecule has 0 fully saturated rings. The third-order valence-electron chi connectivity index (χ3n) is 5.64. The zero-order valence-electron chi connectivity index (χ0n) is 17.2. The van der Waals surface area contributed by atoms with Crippen LogP contribution in [0, 0.1) is 11.3 Å². The molecule has 0 aliphatic carbocycles. The van der Waals surface area contributed by atoms with Crippen molar-refractivity contribution in [3.8, 4) is 0 Å². The zero-order chi connectivity index (χ0) is 19.7. The fourth-order valence-electron chi connectivity index (χ4n) is 2.85. The molecule has 0 aliphatic heterocycles. The molecule has 1 aromatic carbocycles. The quantitative estimate of drug-likeness (QED) is 0.589. The maximum absolute atomic E-state index is 12.9.